The molecule has 3 N–H and O–H groups in total. The van der Waals surface area contributed by atoms with Crippen molar-refractivity contribution >= 4 is 18.2 Å². The predicted octanol–water partition coefficient (Wildman–Crippen LogP) is 1.40. The zero-order chi connectivity index (χ0) is 8.43. The average molecular weight is 186 g/mol. The van der Waals surface area contributed by atoms with E-state index in [9.17, 15) is 0 Å². The van der Waals surface area contributed by atoms with Crippen molar-refractivity contribution in [2.45, 2.75) is 13.8 Å². The summed E-state index contributed by atoms with van der Waals surface area (Å²) in [6.45, 7) is 3.88. The molecule has 0 aliphatic rings. The second-order valence-corrected chi connectivity index (χ2v) is 2.51. The molecule has 12 heavy (non-hydrogen) atoms. The van der Waals surface area contributed by atoms with Gasteiger partial charge in [-0.15, -0.1) is 12.4 Å². The van der Waals surface area contributed by atoms with E-state index in [1.165, 1.54) is 0 Å². The van der Waals surface area contributed by atoms with Crippen molar-refractivity contribution in [1.82, 2.24) is 4.98 Å². The lowest BCUT2D eigenvalue weighted by Crippen LogP contribution is -2.13. The highest BCUT2D eigenvalue weighted by atomic mass is 35.5. The number of hydrogen-bond donors (Lipinski definition) is 2. The Balaban J connectivity index is 0.00000121. The topological polar surface area (TPSA) is 62.8 Å². The minimum absolute atomic E-state index is 0. The molecule has 0 unspecified atom stereocenters. The van der Waals surface area contributed by atoms with Crippen LogP contribution in [0.1, 0.15) is 17.0 Å². The summed E-state index contributed by atoms with van der Waals surface area (Å²) >= 11 is 0. The van der Waals surface area contributed by atoms with Crippen molar-refractivity contribution in [3.8, 4) is 0 Å². The van der Waals surface area contributed by atoms with Crippen LogP contribution in [0.4, 0.5) is 0 Å². The highest BCUT2D eigenvalue weighted by Gasteiger charge is 1.98. The number of halogens is 1. The Hall–Kier alpha value is -1.09. The summed E-state index contributed by atoms with van der Waals surface area (Å²) in [6, 6.07) is 3.67. The van der Waals surface area contributed by atoms with Crippen molar-refractivity contribution < 1.29 is 0 Å². The van der Waals surface area contributed by atoms with Crippen molar-refractivity contribution in [1.29, 1.82) is 5.41 Å². The molecule has 0 fully saturated rings. The van der Waals surface area contributed by atoms with Crippen LogP contribution >= 0.6 is 12.4 Å². The first-order valence-electron chi connectivity index (χ1n) is 3.40. The quantitative estimate of drug-likeness (QED) is 0.513. The molecule has 4 heteroatoms. The third kappa shape index (κ3) is 2.20. The summed E-state index contributed by atoms with van der Waals surface area (Å²) < 4.78 is 0. The second kappa shape index (κ2) is 4.07. The number of nitrogen functional groups attached to an aromatic ring is 1. The summed E-state index contributed by atoms with van der Waals surface area (Å²) in [5.74, 6) is 0.0214. The van der Waals surface area contributed by atoms with Gasteiger partial charge in [-0.1, -0.05) is 6.07 Å². The Bertz CT molecular complexity index is 296. The number of rotatable bonds is 1. The molecule has 0 aromatic carbocycles. The van der Waals surface area contributed by atoms with Gasteiger partial charge in [-0.2, -0.15) is 0 Å². The SMILES string of the molecule is Cc1ccc(C(=N)N)nc1C.Cl. The molecule has 66 valence electrons. The van der Waals surface area contributed by atoms with Crippen LogP contribution in [0.15, 0.2) is 12.1 Å². The first-order chi connectivity index (χ1) is 5.11. The largest absolute Gasteiger partial charge is 0.382 e. The first kappa shape index (κ1) is 10.9. The van der Waals surface area contributed by atoms with Gasteiger partial charge in [0.05, 0.1) is 0 Å². The van der Waals surface area contributed by atoms with Crippen LogP contribution < -0.4 is 5.73 Å². The fraction of sp³-hybridized carbons (Fsp3) is 0.250. The molecule has 0 atom stereocenters. The van der Waals surface area contributed by atoms with E-state index < -0.39 is 0 Å². The molecule has 0 aliphatic heterocycles. The fourth-order valence-electron chi connectivity index (χ4n) is 0.781. The van der Waals surface area contributed by atoms with Gasteiger partial charge in [-0.3, -0.25) is 5.41 Å². The molecule has 0 radical (unpaired) electrons. The zero-order valence-corrected chi connectivity index (χ0v) is 7.90. The van der Waals surface area contributed by atoms with E-state index in [0.717, 1.165) is 11.3 Å². The Morgan fingerprint density at radius 3 is 2.42 bits per heavy atom. The number of nitrogens with two attached hydrogens (primary N) is 1. The number of amidine groups is 1. The molecule has 1 aromatic heterocycles. The normalized spacial score (nSPS) is 8.83. The van der Waals surface area contributed by atoms with E-state index in [1.54, 1.807) is 6.07 Å². The Kier molecular flexibility index (Phi) is 3.70. The molecule has 0 amide bonds. The Morgan fingerprint density at radius 1 is 1.42 bits per heavy atom. The molecular weight excluding hydrogens is 174 g/mol. The molecule has 1 aromatic rings. The van der Waals surface area contributed by atoms with Crippen LogP contribution in [0.5, 0.6) is 0 Å². The lowest BCUT2D eigenvalue weighted by atomic mass is 10.2. The zero-order valence-electron chi connectivity index (χ0n) is 7.09. The van der Waals surface area contributed by atoms with Gasteiger partial charge in [0.15, 0.2) is 0 Å². The van der Waals surface area contributed by atoms with Gasteiger partial charge in [-0.05, 0) is 25.5 Å². The van der Waals surface area contributed by atoms with E-state index in [1.807, 2.05) is 19.9 Å². The number of hydrogen-bond acceptors (Lipinski definition) is 2. The van der Waals surface area contributed by atoms with Crippen LogP contribution in [0.3, 0.4) is 0 Å². The van der Waals surface area contributed by atoms with Crippen molar-refractivity contribution in [3.05, 3.63) is 29.1 Å². The molecule has 0 aliphatic carbocycles. The van der Waals surface area contributed by atoms with Gasteiger partial charge >= 0.3 is 0 Å². The number of aromatic nitrogens is 1. The van der Waals surface area contributed by atoms with Crippen LogP contribution in [0.2, 0.25) is 0 Å². The van der Waals surface area contributed by atoms with E-state index in [4.69, 9.17) is 11.1 Å². The summed E-state index contributed by atoms with van der Waals surface area (Å²) in [5.41, 5.74) is 7.85. The van der Waals surface area contributed by atoms with Gasteiger partial charge in [-0.25, -0.2) is 4.98 Å². The summed E-state index contributed by atoms with van der Waals surface area (Å²) in [7, 11) is 0. The van der Waals surface area contributed by atoms with Crippen molar-refractivity contribution in [2.24, 2.45) is 5.73 Å². The molecule has 0 bridgehead atoms. The third-order valence-corrected chi connectivity index (χ3v) is 1.63. The minimum Gasteiger partial charge on any atom is -0.382 e. The van der Waals surface area contributed by atoms with E-state index in [0.29, 0.717) is 5.69 Å². The molecule has 1 rings (SSSR count). The molecule has 3 nitrogen and oxygen atoms in total. The van der Waals surface area contributed by atoms with Gasteiger partial charge in [0.25, 0.3) is 0 Å². The van der Waals surface area contributed by atoms with Crippen molar-refractivity contribution in [2.75, 3.05) is 0 Å². The van der Waals surface area contributed by atoms with Gasteiger partial charge in [0.2, 0.25) is 0 Å². The monoisotopic (exact) mass is 185 g/mol. The van der Waals surface area contributed by atoms with E-state index >= 15 is 0 Å². The number of pyridine rings is 1. The first-order valence-corrected chi connectivity index (χ1v) is 3.40. The number of nitrogens with one attached hydrogen (secondary N) is 1. The molecule has 0 spiro atoms. The number of aryl methyl sites for hydroxylation is 2. The van der Waals surface area contributed by atoms with Crippen LogP contribution in [0, 0.1) is 19.3 Å². The predicted molar refractivity (Wildman–Crippen MR) is 52.0 cm³/mol. The van der Waals surface area contributed by atoms with Gasteiger partial charge in [0, 0.05) is 5.69 Å². The molecular formula is C8H12ClN3. The highest BCUT2D eigenvalue weighted by Crippen LogP contribution is 2.03. The van der Waals surface area contributed by atoms with Crippen LogP contribution in [0.25, 0.3) is 0 Å². The maximum atomic E-state index is 7.12. The van der Waals surface area contributed by atoms with E-state index in [-0.39, 0.29) is 18.2 Å². The Morgan fingerprint density at radius 2 is 2.00 bits per heavy atom. The standard InChI is InChI=1S/C8H11N3.ClH/c1-5-3-4-7(8(9)10)11-6(5)2;/h3-4H,1-2H3,(H3,9,10);1H. The fourth-order valence-corrected chi connectivity index (χ4v) is 0.781. The molecule has 0 saturated heterocycles. The summed E-state index contributed by atoms with van der Waals surface area (Å²) in [5, 5.41) is 7.12. The van der Waals surface area contributed by atoms with Crippen molar-refractivity contribution in [3.63, 3.8) is 0 Å². The lowest BCUT2D eigenvalue weighted by molar-refractivity contribution is 1.12. The average Bonchev–Trinajstić information content (AvgIpc) is 1.94. The van der Waals surface area contributed by atoms with E-state index in [2.05, 4.69) is 4.98 Å². The second-order valence-electron chi connectivity index (χ2n) is 2.51. The lowest BCUT2D eigenvalue weighted by Gasteiger charge is -2.01. The maximum absolute atomic E-state index is 7.12. The maximum Gasteiger partial charge on any atom is 0.141 e. The highest BCUT2D eigenvalue weighted by molar-refractivity contribution is 5.93. The Labute approximate surface area is 77.9 Å². The van der Waals surface area contributed by atoms with Gasteiger partial charge < -0.3 is 5.73 Å². The smallest absolute Gasteiger partial charge is 0.141 e. The molecule has 1 heterocycles. The minimum atomic E-state index is 0. The van der Waals surface area contributed by atoms with Crippen LogP contribution in [-0.4, -0.2) is 10.8 Å². The molecule has 0 saturated carbocycles. The summed E-state index contributed by atoms with van der Waals surface area (Å²) in [6.07, 6.45) is 0. The van der Waals surface area contributed by atoms with Crippen LogP contribution in [-0.2, 0) is 0 Å². The third-order valence-electron chi connectivity index (χ3n) is 1.63. The number of nitrogens with zero attached hydrogens (tertiary/aromatic N) is 1. The van der Waals surface area contributed by atoms with Gasteiger partial charge in [0.1, 0.15) is 11.5 Å². The summed E-state index contributed by atoms with van der Waals surface area (Å²) in [4.78, 5) is 4.12.